The normalized spacial score (nSPS) is 10.3. The van der Waals surface area contributed by atoms with Crippen LogP contribution >= 0.6 is 15.9 Å². The Labute approximate surface area is 132 Å². The van der Waals surface area contributed by atoms with Crippen LogP contribution in [0.4, 0.5) is 0 Å². The van der Waals surface area contributed by atoms with Crippen molar-refractivity contribution in [3.05, 3.63) is 57.8 Å². The van der Waals surface area contributed by atoms with Gasteiger partial charge in [0.15, 0.2) is 0 Å². The van der Waals surface area contributed by atoms with Crippen molar-refractivity contribution in [1.82, 2.24) is 9.88 Å². The Hall–Kier alpha value is -1.88. The zero-order valence-electron chi connectivity index (χ0n) is 12.3. The highest BCUT2D eigenvalue weighted by Crippen LogP contribution is 2.27. The van der Waals surface area contributed by atoms with Crippen LogP contribution in [0.1, 0.15) is 21.6 Å². The zero-order valence-corrected chi connectivity index (χ0v) is 13.8. The van der Waals surface area contributed by atoms with Crippen molar-refractivity contribution < 1.29 is 9.53 Å². The molecule has 1 heterocycles. The van der Waals surface area contributed by atoms with E-state index in [1.807, 2.05) is 19.1 Å². The molecule has 0 aliphatic heterocycles. The smallest absolute Gasteiger partial charge is 0.253 e. The highest BCUT2D eigenvalue weighted by Gasteiger charge is 2.11. The maximum atomic E-state index is 11.9. The number of aryl methyl sites for hydroxylation is 1. The predicted molar refractivity (Wildman–Crippen MR) is 85.5 cm³/mol. The topological polar surface area (TPSA) is 42.4 Å². The van der Waals surface area contributed by atoms with E-state index in [1.165, 1.54) is 0 Å². The molecule has 1 aromatic carbocycles. The number of ether oxygens (including phenoxy) is 1. The number of carbonyl (C=O) groups excluding carboxylic acids is 1. The lowest BCUT2D eigenvalue weighted by Gasteiger charge is -2.12. The van der Waals surface area contributed by atoms with Crippen LogP contribution in [0.15, 0.2) is 41.0 Å². The summed E-state index contributed by atoms with van der Waals surface area (Å²) in [4.78, 5) is 17.7. The van der Waals surface area contributed by atoms with Crippen molar-refractivity contribution in [2.24, 2.45) is 0 Å². The number of pyridine rings is 1. The average molecular weight is 349 g/mol. The quantitative estimate of drug-likeness (QED) is 0.849. The molecule has 0 saturated carbocycles. The van der Waals surface area contributed by atoms with E-state index in [1.54, 1.807) is 43.4 Å². The van der Waals surface area contributed by atoms with Crippen molar-refractivity contribution in [1.29, 1.82) is 0 Å². The molecular formula is C16H17BrN2O2. The number of hydrogen-bond donors (Lipinski definition) is 0. The molecule has 2 rings (SSSR count). The van der Waals surface area contributed by atoms with Gasteiger partial charge in [-0.15, -0.1) is 0 Å². The van der Waals surface area contributed by atoms with E-state index >= 15 is 0 Å². The fourth-order valence-corrected chi connectivity index (χ4v) is 2.33. The van der Waals surface area contributed by atoms with Gasteiger partial charge in [0, 0.05) is 25.9 Å². The van der Waals surface area contributed by atoms with Crippen LogP contribution in [0.25, 0.3) is 0 Å². The second-order valence-corrected chi connectivity index (χ2v) is 5.81. The molecule has 2 aromatic rings. The fourth-order valence-electron chi connectivity index (χ4n) is 1.84. The Balaban J connectivity index is 2.09. The highest BCUT2D eigenvalue weighted by molar-refractivity contribution is 9.10. The fraction of sp³-hybridized carbons (Fsp3) is 0.250. The van der Waals surface area contributed by atoms with Gasteiger partial charge in [0.1, 0.15) is 12.4 Å². The van der Waals surface area contributed by atoms with Crippen LogP contribution in [-0.2, 0) is 6.61 Å². The number of carbonyl (C=O) groups is 1. The Bertz CT molecular complexity index is 656. The van der Waals surface area contributed by atoms with Crippen molar-refractivity contribution in [2.75, 3.05) is 14.1 Å². The van der Waals surface area contributed by atoms with Crippen molar-refractivity contribution in [2.45, 2.75) is 13.5 Å². The second-order valence-electron chi connectivity index (χ2n) is 4.96. The third-order valence-corrected chi connectivity index (χ3v) is 3.55. The van der Waals surface area contributed by atoms with Crippen LogP contribution < -0.4 is 4.74 Å². The van der Waals surface area contributed by atoms with Gasteiger partial charge in [-0.1, -0.05) is 0 Å². The van der Waals surface area contributed by atoms with E-state index in [0.717, 1.165) is 15.7 Å². The molecule has 5 heteroatoms. The molecule has 1 amide bonds. The Morgan fingerprint density at radius 3 is 2.67 bits per heavy atom. The lowest BCUT2D eigenvalue weighted by Crippen LogP contribution is -2.21. The van der Waals surface area contributed by atoms with Crippen LogP contribution in [0.5, 0.6) is 5.75 Å². The van der Waals surface area contributed by atoms with Gasteiger partial charge in [-0.25, -0.2) is 0 Å². The Kier molecular flexibility index (Phi) is 4.96. The molecule has 0 unspecified atom stereocenters. The van der Waals surface area contributed by atoms with Gasteiger partial charge in [0.2, 0.25) is 0 Å². The van der Waals surface area contributed by atoms with Crippen LogP contribution in [0.2, 0.25) is 0 Å². The minimum atomic E-state index is -0.0393. The first-order valence-electron chi connectivity index (χ1n) is 6.53. The van der Waals surface area contributed by atoms with Crippen molar-refractivity contribution in [3.63, 3.8) is 0 Å². The lowest BCUT2D eigenvalue weighted by atomic mass is 10.2. The predicted octanol–water partition coefficient (Wildman–Crippen LogP) is 3.43. The van der Waals surface area contributed by atoms with E-state index in [-0.39, 0.29) is 5.91 Å². The summed E-state index contributed by atoms with van der Waals surface area (Å²) in [5.74, 6) is 0.649. The van der Waals surface area contributed by atoms with Crippen LogP contribution in [-0.4, -0.2) is 29.9 Å². The summed E-state index contributed by atoms with van der Waals surface area (Å²) < 4.78 is 6.49. The molecule has 0 spiro atoms. The minimum Gasteiger partial charge on any atom is -0.486 e. The summed E-state index contributed by atoms with van der Waals surface area (Å²) in [7, 11) is 3.45. The maximum Gasteiger partial charge on any atom is 0.253 e. The van der Waals surface area contributed by atoms with Crippen molar-refractivity contribution >= 4 is 21.8 Å². The summed E-state index contributed by atoms with van der Waals surface area (Å²) in [6.45, 7) is 2.41. The number of hydrogen-bond acceptors (Lipinski definition) is 3. The van der Waals surface area contributed by atoms with Gasteiger partial charge >= 0.3 is 0 Å². The maximum absolute atomic E-state index is 11.9. The van der Waals surface area contributed by atoms with Gasteiger partial charge < -0.3 is 9.64 Å². The van der Waals surface area contributed by atoms with E-state index in [9.17, 15) is 4.79 Å². The monoisotopic (exact) mass is 348 g/mol. The van der Waals surface area contributed by atoms with Gasteiger partial charge in [-0.05, 0) is 58.7 Å². The number of nitrogens with zero attached hydrogens (tertiary/aromatic N) is 2. The van der Waals surface area contributed by atoms with Crippen LogP contribution in [0.3, 0.4) is 0 Å². The molecular weight excluding hydrogens is 332 g/mol. The van der Waals surface area contributed by atoms with E-state index in [2.05, 4.69) is 20.9 Å². The molecule has 110 valence electrons. The first-order chi connectivity index (χ1) is 9.97. The molecule has 0 bridgehead atoms. The van der Waals surface area contributed by atoms with Gasteiger partial charge in [0.05, 0.1) is 10.2 Å². The van der Waals surface area contributed by atoms with E-state index in [4.69, 9.17) is 4.74 Å². The second kappa shape index (κ2) is 6.72. The lowest BCUT2D eigenvalue weighted by molar-refractivity contribution is 0.0827. The number of halogens is 1. The zero-order chi connectivity index (χ0) is 15.4. The third-order valence-electron chi connectivity index (χ3n) is 2.93. The van der Waals surface area contributed by atoms with Gasteiger partial charge in [-0.3, -0.25) is 9.78 Å². The molecule has 21 heavy (non-hydrogen) atoms. The summed E-state index contributed by atoms with van der Waals surface area (Å²) in [6.07, 6.45) is 1.77. The average Bonchev–Trinajstić information content (AvgIpc) is 2.45. The summed E-state index contributed by atoms with van der Waals surface area (Å²) >= 11 is 3.44. The number of aromatic nitrogens is 1. The summed E-state index contributed by atoms with van der Waals surface area (Å²) in [6, 6.07) is 9.24. The van der Waals surface area contributed by atoms with Gasteiger partial charge in [0.25, 0.3) is 5.91 Å². The molecule has 1 aromatic heterocycles. The molecule has 0 saturated heterocycles. The molecule has 0 aliphatic rings. The van der Waals surface area contributed by atoms with Crippen LogP contribution in [0, 0.1) is 6.92 Å². The van der Waals surface area contributed by atoms with E-state index in [0.29, 0.717) is 17.9 Å². The minimum absolute atomic E-state index is 0.0393. The molecule has 0 fully saturated rings. The van der Waals surface area contributed by atoms with Crippen molar-refractivity contribution in [3.8, 4) is 5.75 Å². The molecule has 0 radical (unpaired) electrons. The van der Waals surface area contributed by atoms with E-state index < -0.39 is 0 Å². The SMILES string of the molecule is Cc1ccnc(COc2ccc(C(=O)N(C)C)cc2Br)c1. The Morgan fingerprint density at radius 1 is 1.29 bits per heavy atom. The largest absolute Gasteiger partial charge is 0.486 e. The Morgan fingerprint density at radius 2 is 2.05 bits per heavy atom. The standard InChI is InChI=1S/C16H17BrN2O2/c1-11-6-7-18-13(8-11)10-21-15-5-4-12(9-14(15)17)16(20)19(2)3/h4-9H,10H2,1-3H3. The van der Waals surface area contributed by atoms with Gasteiger partial charge in [-0.2, -0.15) is 0 Å². The highest BCUT2D eigenvalue weighted by atomic mass is 79.9. The number of benzene rings is 1. The third kappa shape index (κ3) is 4.04. The molecule has 0 aliphatic carbocycles. The molecule has 0 N–H and O–H groups in total. The first-order valence-corrected chi connectivity index (χ1v) is 7.32. The number of rotatable bonds is 4. The molecule has 0 atom stereocenters. The summed E-state index contributed by atoms with van der Waals surface area (Å²) in [5, 5.41) is 0. The summed E-state index contributed by atoms with van der Waals surface area (Å²) in [5.41, 5.74) is 2.64. The number of amides is 1. The molecule has 4 nitrogen and oxygen atoms in total. The first kappa shape index (κ1) is 15.5.